The number of anilines is 1. The Labute approximate surface area is 154 Å². The summed E-state index contributed by atoms with van der Waals surface area (Å²) in [5.41, 5.74) is 7.34. The zero-order valence-corrected chi connectivity index (χ0v) is 15.1. The van der Waals surface area contributed by atoms with Crippen LogP contribution in [-0.2, 0) is 20.9 Å². The number of nitrogens with two attached hydrogens (primary N) is 1. The number of benzene rings is 1. The van der Waals surface area contributed by atoms with Crippen LogP contribution in [0.5, 0.6) is 0 Å². The summed E-state index contributed by atoms with van der Waals surface area (Å²) in [7, 11) is 0. The molecule has 0 spiro atoms. The predicted molar refractivity (Wildman–Crippen MR) is 98.5 cm³/mol. The van der Waals surface area contributed by atoms with Crippen molar-refractivity contribution in [1.82, 2.24) is 4.90 Å². The number of amides is 2. The van der Waals surface area contributed by atoms with E-state index in [4.69, 9.17) is 10.5 Å². The van der Waals surface area contributed by atoms with Gasteiger partial charge in [0.05, 0.1) is 6.10 Å². The first-order valence-electron chi connectivity index (χ1n) is 8.69. The summed E-state index contributed by atoms with van der Waals surface area (Å²) in [6.07, 6.45) is 3.77. The van der Waals surface area contributed by atoms with Gasteiger partial charge >= 0.3 is 0 Å². The molecule has 0 saturated carbocycles. The van der Waals surface area contributed by atoms with Gasteiger partial charge < -0.3 is 20.7 Å². The van der Waals surface area contributed by atoms with Crippen molar-refractivity contribution < 1.29 is 14.3 Å². The summed E-state index contributed by atoms with van der Waals surface area (Å²) < 4.78 is 5.62. The van der Waals surface area contributed by atoms with E-state index in [0.29, 0.717) is 25.9 Å². The summed E-state index contributed by atoms with van der Waals surface area (Å²) >= 11 is 0. The monoisotopic (exact) mass is 367 g/mol. The molecule has 2 atom stereocenters. The van der Waals surface area contributed by atoms with Crippen LogP contribution in [0, 0.1) is 0 Å². The molecule has 1 aromatic rings. The Morgan fingerprint density at radius 1 is 1.32 bits per heavy atom. The molecule has 1 aromatic carbocycles. The average molecular weight is 368 g/mol. The van der Waals surface area contributed by atoms with Crippen LogP contribution in [0.3, 0.4) is 0 Å². The molecule has 0 bridgehead atoms. The predicted octanol–water partition coefficient (Wildman–Crippen LogP) is 2.07. The fraction of sp³-hybridized carbons (Fsp3) is 0.556. The lowest BCUT2D eigenvalue weighted by Gasteiger charge is -2.27. The molecule has 2 saturated heterocycles. The highest BCUT2D eigenvalue weighted by molar-refractivity contribution is 5.94. The molecular weight excluding hydrogens is 342 g/mol. The molecule has 2 aliphatic rings. The number of likely N-dealkylation sites (tertiary alicyclic amines) is 1. The topological polar surface area (TPSA) is 84.7 Å². The van der Waals surface area contributed by atoms with E-state index in [1.54, 1.807) is 0 Å². The van der Waals surface area contributed by atoms with Gasteiger partial charge in [-0.2, -0.15) is 0 Å². The Morgan fingerprint density at radius 3 is 2.88 bits per heavy atom. The molecule has 7 heteroatoms. The molecule has 2 amide bonds. The van der Waals surface area contributed by atoms with E-state index < -0.39 is 6.10 Å². The summed E-state index contributed by atoms with van der Waals surface area (Å²) in [4.78, 5) is 26.1. The van der Waals surface area contributed by atoms with Crippen LogP contribution in [0.15, 0.2) is 24.3 Å². The van der Waals surface area contributed by atoms with Gasteiger partial charge in [-0.1, -0.05) is 12.1 Å². The third-order valence-electron chi connectivity index (χ3n) is 4.65. The van der Waals surface area contributed by atoms with Crippen molar-refractivity contribution in [1.29, 1.82) is 0 Å². The van der Waals surface area contributed by atoms with Crippen LogP contribution < -0.4 is 11.1 Å². The molecule has 3 rings (SSSR count). The molecule has 2 fully saturated rings. The van der Waals surface area contributed by atoms with Gasteiger partial charge in [0.15, 0.2) is 0 Å². The van der Waals surface area contributed by atoms with Crippen molar-refractivity contribution in [3.05, 3.63) is 29.8 Å². The molecule has 0 radical (unpaired) electrons. The maximum Gasteiger partial charge on any atom is 0.253 e. The van der Waals surface area contributed by atoms with Crippen molar-refractivity contribution >= 4 is 29.9 Å². The summed E-state index contributed by atoms with van der Waals surface area (Å²) in [6.45, 7) is 1.85. The van der Waals surface area contributed by atoms with Gasteiger partial charge in [-0.3, -0.25) is 9.59 Å². The van der Waals surface area contributed by atoms with Crippen LogP contribution in [-0.4, -0.2) is 42.0 Å². The normalized spacial score (nSPS) is 23.2. The zero-order valence-electron chi connectivity index (χ0n) is 14.3. The number of carbonyl (C=O) groups excluding carboxylic acids is 2. The molecule has 0 unspecified atom stereocenters. The quantitative estimate of drug-likeness (QED) is 0.834. The number of halogens is 1. The minimum atomic E-state index is -0.425. The van der Waals surface area contributed by atoms with Crippen molar-refractivity contribution in [3.8, 4) is 0 Å². The smallest absolute Gasteiger partial charge is 0.253 e. The second kappa shape index (κ2) is 9.17. The maximum atomic E-state index is 12.3. The molecule has 3 N–H and O–H groups in total. The molecule has 0 aliphatic carbocycles. The first kappa shape index (κ1) is 19.7. The highest BCUT2D eigenvalue weighted by Crippen LogP contribution is 2.21. The number of nitrogens with zero attached hydrogens (tertiary/aromatic N) is 1. The number of hydrogen-bond donors (Lipinski definition) is 2. The highest BCUT2D eigenvalue weighted by atomic mass is 35.5. The van der Waals surface area contributed by atoms with Crippen LogP contribution in [0.25, 0.3) is 0 Å². The van der Waals surface area contributed by atoms with E-state index in [2.05, 4.69) is 5.32 Å². The van der Waals surface area contributed by atoms with Crippen molar-refractivity contribution in [2.45, 2.75) is 50.9 Å². The first-order chi connectivity index (χ1) is 11.7. The lowest BCUT2D eigenvalue weighted by atomic mass is 10.1. The van der Waals surface area contributed by atoms with Gasteiger partial charge in [-0.25, -0.2) is 0 Å². The maximum absolute atomic E-state index is 12.3. The van der Waals surface area contributed by atoms with Crippen molar-refractivity contribution in [2.24, 2.45) is 5.73 Å². The number of nitrogens with one attached hydrogen (secondary N) is 1. The number of hydrogen-bond acceptors (Lipinski definition) is 4. The van der Waals surface area contributed by atoms with Crippen LogP contribution in [0.1, 0.15) is 37.7 Å². The standard InChI is InChI=1S/C18H25N3O3.ClH/c19-11-15-7-8-16(24-15)18(23)20-14-5-3-4-13(10-14)12-21-9-2-1-6-17(21)22;/h3-5,10,15-16H,1-2,6-9,11-12,19H2,(H,20,23);1H/t15-,16+;/m1./s1. The molecule has 25 heavy (non-hydrogen) atoms. The average Bonchev–Trinajstić information content (AvgIpc) is 3.07. The van der Waals surface area contributed by atoms with E-state index in [9.17, 15) is 9.59 Å². The number of ether oxygens (including phenoxy) is 1. The lowest BCUT2D eigenvalue weighted by molar-refractivity contribution is -0.133. The summed E-state index contributed by atoms with van der Waals surface area (Å²) in [5, 5.41) is 2.91. The van der Waals surface area contributed by atoms with Crippen molar-refractivity contribution in [3.63, 3.8) is 0 Å². The molecule has 2 heterocycles. The van der Waals surface area contributed by atoms with Gasteiger partial charge in [0.25, 0.3) is 5.91 Å². The van der Waals surface area contributed by atoms with E-state index >= 15 is 0 Å². The molecule has 2 aliphatic heterocycles. The van der Waals surface area contributed by atoms with Gasteiger partial charge in [-0.05, 0) is 43.4 Å². The fourth-order valence-electron chi connectivity index (χ4n) is 3.29. The van der Waals surface area contributed by atoms with Gasteiger partial charge in [0.1, 0.15) is 6.10 Å². The molecule has 138 valence electrons. The SMILES string of the molecule is Cl.NC[C@H]1CC[C@@H](C(=O)Nc2cccc(CN3CCCCC3=O)c2)O1. The Kier molecular flexibility index (Phi) is 7.23. The third kappa shape index (κ3) is 5.17. The lowest BCUT2D eigenvalue weighted by Crippen LogP contribution is -2.34. The highest BCUT2D eigenvalue weighted by Gasteiger charge is 2.29. The molecule has 0 aromatic heterocycles. The second-order valence-electron chi connectivity index (χ2n) is 6.52. The van der Waals surface area contributed by atoms with E-state index in [1.165, 1.54) is 0 Å². The van der Waals surface area contributed by atoms with Gasteiger partial charge in [-0.15, -0.1) is 12.4 Å². The summed E-state index contributed by atoms with van der Waals surface area (Å²) in [6, 6.07) is 7.66. The minimum Gasteiger partial charge on any atom is -0.364 e. The third-order valence-corrected chi connectivity index (χ3v) is 4.65. The summed E-state index contributed by atoms with van der Waals surface area (Å²) in [5.74, 6) is 0.0834. The van der Waals surface area contributed by atoms with Crippen LogP contribution in [0.2, 0.25) is 0 Å². The van der Waals surface area contributed by atoms with Crippen LogP contribution in [0.4, 0.5) is 5.69 Å². The largest absolute Gasteiger partial charge is 0.364 e. The number of piperidine rings is 1. The van der Waals surface area contributed by atoms with Gasteiger partial charge in [0.2, 0.25) is 5.91 Å². The Bertz CT molecular complexity index is 611. The van der Waals surface area contributed by atoms with Crippen molar-refractivity contribution in [2.75, 3.05) is 18.4 Å². The van der Waals surface area contributed by atoms with Gasteiger partial charge in [0, 0.05) is 31.7 Å². The molecular formula is C18H26ClN3O3. The Balaban J connectivity index is 0.00000225. The molecule has 6 nitrogen and oxygen atoms in total. The number of rotatable bonds is 5. The fourth-order valence-corrected chi connectivity index (χ4v) is 3.29. The second-order valence-corrected chi connectivity index (χ2v) is 6.52. The van der Waals surface area contributed by atoms with Crippen LogP contribution >= 0.6 is 12.4 Å². The number of carbonyl (C=O) groups is 2. The Morgan fingerprint density at radius 2 is 2.16 bits per heavy atom. The zero-order chi connectivity index (χ0) is 16.9. The van der Waals surface area contributed by atoms with E-state index in [0.717, 1.165) is 37.1 Å². The van der Waals surface area contributed by atoms with E-state index in [1.807, 2.05) is 29.2 Å². The van der Waals surface area contributed by atoms with E-state index in [-0.39, 0.29) is 30.3 Å². The Hall–Kier alpha value is -1.63. The minimum absolute atomic E-state index is 0. The first-order valence-corrected chi connectivity index (χ1v) is 8.69.